The standard InChI is InChI=1S/C17H23FN4O2/c1-12-4-14(11-24-12)17(23)20(2)10-16-5-15(18)9-22(16)8-13-6-19-21(3)7-13/h4,6-7,11,15-16H,5,8-10H2,1-3H3/t15-,16-/m0/s1. The highest BCUT2D eigenvalue weighted by Gasteiger charge is 2.33. The van der Waals surface area contributed by atoms with Gasteiger partial charge in [-0.15, -0.1) is 0 Å². The van der Waals surface area contributed by atoms with Gasteiger partial charge < -0.3 is 9.32 Å². The van der Waals surface area contributed by atoms with Gasteiger partial charge in [-0.25, -0.2) is 4.39 Å². The summed E-state index contributed by atoms with van der Waals surface area (Å²) in [6.07, 6.45) is 4.79. The number of likely N-dealkylation sites (tertiary alicyclic amines) is 1. The largest absolute Gasteiger partial charge is 0.469 e. The molecule has 0 saturated carbocycles. The van der Waals surface area contributed by atoms with Gasteiger partial charge in [-0.05, 0) is 19.4 Å². The summed E-state index contributed by atoms with van der Waals surface area (Å²) in [5.74, 6) is 0.602. The lowest BCUT2D eigenvalue weighted by Crippen LogP contribution is -2.40. The number of halogens is 1. The van der Waals surface area contributed by atoms with E-state index in [1.807, 2.05) is 13.2 Å². The van der Waals surface area contributed by atoms with Crippen LogP contribution in [0.15, 0.2) is 29.1 Å². The van der Waals surface area contributed by atoms with Crippen LogP contribution >= 0.6 is 0 Å². The molecule has 1 fully saturated rings. The van der Waals surface area contributed by atoms with Crippen molar-refractivity contribution in [3.05, 3.63) is 41.6 Å². The monoisotopic (exact) mass is 334 g/mol. The number of nitrogens with zero attached hydrogens (tertiary/aromatic N) is 4. The molecule has 0 N–H and O–H groups in total. The quantitative estimate of drug-likeness (QED) is 0.839. The zero-order valence-corrected chi connectivity index (χ0v) is 14.3. The van der Waals surface area contributed by atoms with Gasteiger partial charge in [0.1, 0.15) is 18.2 Å². The average Bonchev–Trinajstić information content (AvgIpc) is 3.21. The summed E-state index contributed by atoms with van der Waals surface area (Å²) >= 11 is 0. The molecule has 2 atom stereocenters. The minimum atomic E-state index is -0.855. The van der Waals surface area contributed by atoms with Gasteiger partial charge in [0.25, 0.3) is 5.91 Å². The lowest BCUT2D eigenvalue weighted by Gasteiger charge is -2.27. The summed E-state index contributed by atoms with van der Waals surface area (Å²) in [4.78, 5) is 16.2. The molecule has 1 saturated heterocycles. The molecule has 3 heterocycles. The van der Waals surface area contributed by atoms with E-state index in [-0.39, 0.29) is 11.9 Å². The number of hydrogen-bond acceptors (Lipinski definition) is 4. The van der Waals surface area contributed by atoms with Crippen molar-refractivity contribution in [1.82, 2.24) is 19.6 Å². The molecule has 0 spiro atoms. The fourth-order valence-corrected chi connectivity index (χ4v) is 3.27. The van der Waals surface area contributed by atoms with Crippen molar-refractivity contribution in [2.45, 2.75) is 32.1 Å². The smallest absolute Gasteiger partial charge is 0.256 e. The lowest BCUT2D eigenvalue weighted by molar-refractivity contribution is 0.0749. The summed E-state index contributed by atoms with van der Waals surface area (Å²) in [7, 11) is 3.61. The molecule has 0 radical (unpaired) electrons. The summed E-state index contributed by atoms with van der Waals surface area (Å²) in [6.45, 7) is 3.33. The Bertz CT molecular complexity index is 711. The summed E-state index contributed by atoms with van der Waals surface area (Å²) in [5.41, 5.74) is 1.58. The highest BCUT2D eigenvalue weighted by Crippen LogP contribution is 2.23. The van der Waals surface area contributed by atoms with Gasteiger partial charge in [0.2, 0.25) is 0 Å². The number of aryl methyl sites for hydroxylation is 2. The molecule has 24 heavy (non-hydrogen) atoms. The molecule has 130 valence electrons. The number of aromatic nitrogens is 2. The van der Waals surface area contributed by atoms with Gasteiger partial charge >= 0.3 is 0 Å². The van der Waals surface area contributed by atoms with Gasteiger partial charge in [0.15, 0.2) is 0 Å². The van der Waals surface area contributed by atoms with E-state index >= 15 is 0 Å². The molecule has 3 rings (SSSR count). The Labute approximate surface area is 140 Å². The van der Waals surface area contributed by atoms with Crippen LogP contribution in [0.3, 0.4) is 0 Å². The predicted molar refractivity (Wildman–Crippen MR) is 87.3 cm³/mol. The van der Waals surface area contributed by atoms with E-state index < -0.39 is 6.17 Å². The first-order valence-corrected chi connectivity index (χ1v) is 8.08. The minimum absolute atomic E-state index is 0.00199. The van der Waals surface area contributed by atoms with Crippen LogP contribution in [0.2, 0.25) is 0 Å². The van der Waals surface area contributed by atoms with Crippen LogP contribution in [0.1, 0.15) is 28.1 Å². The third kappa shape index (κ3) is 3.67. The summed E-state index contributed by atoms with van der Waals surface area (Å²) in [6, 6.07) is 1.72. The number of amides is 1. The maximum absolute atomic E-state index is 13.9. The van der Waals surface area contributed by atoms with E-state index in [0.717, 1.165) is 5.56 Å². The predicted octanol–water partition coefficient (Wildman–Crippen LogP) is 2.01. The fourth-order valence-electron chi connectivity index (χ4n) is 3.27. The molecule has 1 aliphatic heterocycles. The van der Waals surface area contributed by atoms with Crippen molar-refractivity contribution in [1.29, 1.82) is 0 Å². The molecule has 0 bridgehead atoms. The van der Waals surface area contributed by atoms with Crippen LogP contribution in [0.5, 0.6) is 0 Å². The number of carbonyl (C=O) groups excluding carboxylic acids is 1. The van der Waals surface area contributed by atoms with Crippen LogP contribution in [0.4, 0.5) is 4.39 Å². The lowest BCUT2D eigenvalue weighted by atomic mass is 10.1. The number of alkyl halides is 1. The number of carbonyl (C=O) groups is 1. The van der Waals surface area contributed by atoms with Crippen LogP contribution in [0, 0.1) is 6.92 Å². The molecule has 2 aromatic rings. The first kappa shape index (κ1) is 16.7. The molecular weight excluding hydrogens is 311 g/mol. The molecule has 0 unspecified atom stereocenters. The van der Waals surface area contributed by atoms with E-state index in [9.17, 15) is 9.18 Å². The third-order valence-corrected chi connectivity index (χ3v) is 4.43. The third-order valence-electron chi connectivity index (χ3n) is 4.43. The van der Waals surface area contributed by atoms with Crippen molar-refractivity contribution in [3.63, 3.8) is 0 Å². The van der Waals surface area contributed by atoms with Crippen molar-refractivity contribution in [2.24, 2.45) is 7.05 Å². The zero-order valence-electron chi connectivity index (χ0n) is 14.3. The zero-order chi connectivity index (χ0) is 17.3. The van der Waals surface area contributed by atoms with E-state index in [4.69, 9.17) is 4.42 Å². The molecule has 6 nitrogen and oxygen atoms in total. The Morgan fingerprint density at radius 3 is 2.96 bits per heavy atom. The van der Waals surface area contributed by atoms with E-state index in [1.54, 1.807) is 35.8 Å². The SMILES string of the molecule is Cc1cc(C(=O)N(C)C[C@@H]2C[C@H](F)CN2Cc2cnn(C)c2)co1. The highest BCUT2D eigenvalue weighted by molar-refractivity contribution is 5.93. The molecule has 1 amide bonds. The van der Waals surface area contributed by atoms with Crippen molar-refractivity contribution in [2.75, 3.05) is 20.1 Å². The summed E-state index contributed by atoms with van der Waals surface area (Å²) in [5, 5.41) is 4.16. The second-order valence-corrected chi connectivity index (χ2v) is 6.57. The summed E-state index contributed by atoms with van der Waals surface area (Å²) < 4.78 is 20.9. The van der Waals surface area contributed by atoms with E-state index in [0.29, 0.717) is 37.4 Å². The molecule has 0 aliphatic carbocycles. The van der Waals surface area contributed by atoms with Crippen LogP contribution in [-0.2, 0) is 13.6 Å². The maximum Gasteiger partial charge on any atom is 0.256 e. The van der Waals surface area contributed by atoms with Crippen molar-refractivity contribution in [3.8, 4) is 0 Å². The van der Waals surface area contributed by atoms with Gasteiger partial charge in [-0.3, -0.25) is 14.4 Å². The molecular formula is C17H23FN4O2. The molecule has 2 aromatic heterocycles. The molecule has 1 aliphatic rings. The number of furan rings is 1. The maximum atomic E-state index is 13.9. The van der Waals surface area contributed by atoms with Gasteiger partial charge in [0, 0.05) is 51.5 Å². The van der Waals surface area contributed by atoms with Gasteiger partial charge in [-0.2, -0.15) is 5.10 Å². The topological polar surface area (TPSA) is 54.5 Å². The number of likely N-dealkylation sites (N-methyl/N-ethyl adjacent to an activating group) is 1. The molecule has 7 heteroatoms. The normalized spacial score (nSPS) is 21.3. The fraction of sp³-hybridized carbons (Fsp3) is 0.529. The average molecular weight is 334 g/mol. The first-order valence-electron chi connectivity index (χ1n) is 8.08. The Kier molecular flexibility index (Phi) is 4.71. The second-order valence-electron chi connectivity index (χ2n) is 6.57. The van der Waals surface area contributed by atoms with Crippen molar-refractivity contribution < 1.29 is 13.6 Å². The van der Waals surface area contributed by atoms with E-state index in [1.165, 1.54) is 6.26 Å². The number of rotatable bonds is 5. The van der Waals surface area contributed by atoms with Crippen LogP contribution < -0.4 is 0 Å². The Morgan fingerprint density at radius 1 is 1.54 bits per heavy atom. The minimum Gasteiger partial charge on any atom is -0.469 e. The number of hydrogen-bond donors (Lipinski definition) is 0. The van der Waals surface area contributed by atoms with E-state index in [2.05, 4.69) is 10.00 Å². The highest BCUT2D eigenvalue weighted by atomic mass is 19.1. The van der Waals surface area contributed by atoms with Gasteiger partial charge in [-0.1, -0.05) is 0 Å². The van der Waals surface area contributed by atoms with Crippen LogP contribution in [-0.4, -0.2) is 57.8 Å². The van der Waals surface area contributed by atoms with Crippen molar-refractivity contribution >= 4 is 5.91 Å². The first-order chi connectivity index (χ1) is 11.4. The Balaban J connectivity index is 1.64. The Hall–Kier alpha value is -2.15. The molecule has 0 aromatic carbocycles. The second kappa shape index (κ2) is 6.76. The van der Waals surface area contributed by atoms with Crippen LogP contribution in [0.25, 0.3) is 0 Å². The van der Waals surface area contributed by atoms with Gasteiger partial charge in [0.05, 0.1) is 11.8 Å². The Morgan fingerprint density at radius 2 is 2.33 bits per heavy atom.